The normalized spacial score (nSPS) is 16.2. The Morgan fingerprint density at radius 1 is 0.895 bits per heavy atom. The van der Waals surface area contributed by atoms with Gasteiger partial charge in [-0.15, -0.1) is 0 Å². The highest BCUT2D eigenvalue weighted by atomic mass is 19.1. The maximum Gasteiger partial charge on any atom is 0.415 e. The first-order valence-electron chi connectivity index (χ1n) is 12.5. The maximum absolute atomic E-state index is 13.1. The van der Waals surface area contributed by atoms with Crippen LogP contribution >= 0.6 is 0 Å². The van der Waals surface area contributed by atoms with Gasteiger partial charge in [-0.25, -0.2) is 19.2 Å². The van der Waals surface area contributed by atoms with Gasteiger partial charge in [0.25, 0.3) is 5.91 Å². The molecular weight excluding hydrogens is 491 g/mol. The quantitative estimate of drug-likeness (QED) is 0.530. The largest absolute Gasteiger partial charge is 0.415 e. The lowest BCUT2D eigenvalue weighted by Gasteiger charge is -2.34. The van der Waals surface area contributed by atoms with Crippen molar-refractivity contribution >= 4 is 23.6 Å². The van der Waals surface area contributed by atoms with Gasteiger partial charge in [-0.2, -0.15) is 0 Å². The molecule has 5 rings (SSSR count). The number of aromatic nitrogens is 2. The number of benzene rings is 1. The molecule has 1 aromatic carbocycles. The topological polar surface area (TPSA) is 100 Å². The number of carbonyl (C=O) groups excluding carboxylic acids is 2. The van der Waals surface area contributed by atoms with Gasteiger partial charge in [-0.3, -0.25) is 9.69 Å². The van der Waals surface area contributed by atoms with Crippen LogP contribution in [0.25, 0.3) is 0 Å². The number of pyridine rings is 2. The number of anilines is 2. The molecule has 2 amide bonds. The van der Waals surface area contributed by atoms with Crippen LogP contribution in [-0.2, 0) is 11.3 Å². The Morgan fingerprint density at radius 3 is 2.32 bits per heavy atom. The summed E-state index contributed by atoms with van der Waals surface area (Å²) in [5.74, 6) is 0.651. The van der Waals surface area contributed by atoms with Crippen LogP contribution in [0.3, 0.4) is 0 Å². The number of halogens is 1. The van der Waals surface area contributed by atoms with Gasteiger partial charge in [-0.1, -0.05) is 12.1 Å². The maximum atomic E-state index is 13.1. The highest BCUT2D eigenvalue weighted by Crippen LogP contribution is 2.18. The summed E-state index contributed by atoms with van der Waals surface area (Å²) in [4.78, 5) is 39.4. The summed E-state index contributed by atoms with van der Waals surface area (Å²) < 4.78 is 23.9. The van der Waals surface area contributed by atoms with Gasteiger partial charge >= 0.3 is 6.09 Å². The molecule has 198 valence electrons. The van der Waals surface area contributed by atoms with Crippen LogP contribution in [-0.4, -0.2) is 84.3 Å². The monoisotopic (exact) mass is 520 g/mol. The molecule has 1 N–H and O–H groups in total. The molecule has 0 atom stereocenters. The lowest BCUT2D eigenvalue weighted by molar-refractivity contribution is 0.0342. The Hall–Kier alpha value is -4.09. The summed E-state index contributed by atoms with van der Waals surface area (Å²) in [6.07, 6.45) is 2.10. The molecule has 0 radical (unpaired) electrons. The zero-order valence-electron chi connectivity index (χ0n) is 20.9. The van der Waals surface area contributed by atoms with Crippen LogP contribution in [0.5, 0.6) is 5.75 Å². The first kappa shape index (κ1) is 25.6. The van der Waals surface area contributed by atoms with Gasteiger partial charge in [0, 0.05) is 51.4 Å². The van der Waals surface area contributed by atoms with E-state index < -0.39 is 6.09 Å². The third-order valence-corrected chi connectivity index (χ3v) is 6.48. The second-order valence-electron chi connectivity index (χ2n) is 9.10. The van der Waals surface area contributed by atoms with E-state index in [9.17, 15) is 14.0 Å². The van der Waals surface area contributed by atoms with Crippen LogP contribution < -0.4 is 15.0 Å². The van der Waals surface area contributed by atoms with Crippen molar-refractivity contribution in [3.63, 3.8) is 0 Å². The SMILES string of the molecule is O=C(Nc1ccc(OC(=O)N2CCN(c3ccc(F)cn3)CC2)cn1)c1ccc(CN2CCOCC2)cc1. The van der Waals surface area contributed by atoms with E-state index in [0.717, 1.165) is 38.4 Å². The molecular formula is C27H29FN6O4. The number of rotatable bonds is 6. The first-order valence-corrected chi connectivity index (χ1v) is 12.5. The smallest absolute Gasteiger partial charge is 0.409 e. The van der Waals surface area contributed by atoms with E-state index in [2.05, 4.69) is 20.2 Å². The van der Waals surface area contributed by atoms with E-state index in [4.69, 9.17) is 9.47 Å². The fourth-order valence-electron chi connectivity index (χ4n) is 4.32. The van der Waals surface area contributed by atoms with Crippen molar-refractivity contribution in [2.75, 3.05) is 62.7 Å². The zero-order valence-corrected chi connectivity index (χ0v) is 20.9. The highest BCUT2D eigenvalue weighted by molar-refractivity contribution is 6.03. The fourth-order valence-corrected chi connectivity index (χ4v) is 4.32. The molecule has 0 saturated carbocycles. The second-order valence-corrected chi connectivity index (χ2v) is 9.10. The Balaban J connectivity index is 1.08. The minimum Gasteiger partial charge on any atom is -0.409 e. The van der Waals surface area contributed by atoms with Gasteiger partial charge in [0.2, 0.25) is 0 Å². The second kappa shape index (κ2) is 12.0. The van der Waals surface area contributed by atoms with Crippen molar-refractivity contribution in [3.05, 3.63) is 77.9 Å². The Kier molecular flexibility index (Phi) is 8.05. The predicted molar refractivity (Wildman–Crippen MR) is 139 cm³/mol. The lowest BCUT2D eigenvalue weighted by atomic mass is 10.1. The van der Waals surface area contributed by atoms with Crippen molar-refractivity contribution in [1.82, 2.24) is 19.8 Å². The molecule has 2 aromatic heterocycles. The van der Waals surface area contributed by atoms with E-state index in [1.807, 2.05) is 17.0 Å². The van der Waals surface area contributed by atoms with Gasteiger partial charge in [0.1, 0.15) is 17.5 Å². The van der Waals surface area contributed by atoms with Gasteiger partial charge in [0.15, 0.2) is 5.75 Å². The number of hydrogen-bond acceptors (Lipinski definition) is 8. The minimum atomic E-state index is -0.479. The van der Waals surface area contributed by atoms with Crippen molar-refractivity contribution in [1.29, 1.82) is 0 Å². The Labute approximate surface area is 220 Å². The van der Waals surface area contributed by atoms with Crippen molar-refractivity contribution < 1.29 is 23.5 Å². The van der Waals surface area contributed by atoms with E-state index in [0.29, 0.717) is 43.4 Å². The van der Waals surface area contributed by atoms with Crippen LogP contribution in [0.4, 0.5) is 20.8 Å². The van der Waals surface area contributed by atoms with Crippen LogP contribution in [0.15, 0.2) is 60.9 Å². The van der Waals surface area contributed by atoms with E-state index in [1.54, 1.807) is 35.2 Å². The number of hydrogen-bond donors (Lipinski definition) is 1. The summed E-state index contributed by atoms with van der Waals surface area (Å²) >= 11 is 0. The predicted octanol–water partition coefficient (Wildman–Crippen LogP) is 3.02. The standard InChI is InChI=1S/C27H29FN6O4/c28-22-5-8-25(30-17-22)33-9-11-34(12-10-33)27(36)38-23-6-7-24(29-18-23)31-26(35)21-3-1-20(2-4-21)19-32-13-15-37-16-14-32/h1-8,17-18H,9-16,19H2,(H,29,31,35). The Morgan fingerprint density at radius 2 is 1.66 bits per heavy atom. The van der Waals surface area contributed by atoms with Crippen LogP contribution in [0.1, 0.15) is 15.9 Å². The number of morpholine rings is 1. The number of carbonyl (C=O) groups is 2. The third kappa shape index (κ3) is 6.61. The van der Waals surface area contributed by atoms with Crippen molar-refractivity contribution in [2.24, 2.45) is 0 Å². The lowest BCUT2D eigenvalue weighted by Crippen LogP contribution is -2.49. The van der Waals surface area contributed by atoms with Crippen molar-refractivity contribution in [3.8, 4) is 5.75 Å². The van der Waals surface area contributed by atoms with E-state index >= 15 is 0 Å². The molecule has 2 saturated heterocycles. The highest BCUT2D eigenvalue weighted by Gasteiger charge is 2.23. The number of nitrogens with one attached hydrogen (secondary N) is 1. The summed E-state index contributed by atoms with van der Waals surface area (Å²) in [5.41, 5.74) is 1.67. The van der Waals surface area contributed by atoms with Crippen molar-refractivity contribution in [2.45, 2.75) is 6.54 Å². The summed E-state index contributed by atoms with van der Waals surface area (Å²) in [5, 5.41) is 2.76. The van der Waals surface area contributed by atoms with Gasteiger partial charge < -0.3 is 24.6 Å². The molecule has 0 aliphatic carbocycles. The number of piperazine rings is 1. The molecule has 4 heterocycles. The average molecular weight is 521 g/mol. The molecule has 0 spiro atoms. The molecule has 2 aliphatic rings. The molecule has 10 nitrogen and oxygen atoms in total. The molecule has 11 heteroatoms. The van der Waals surface area contributed by atoms with E-state index in [-0.39, 0.29) is 17.5 Å². The third-order valence-electron chi connectivity index (χ3n) is 6.48. The molecule has 3 aromatic rings. The number of ether oxygens (including phenoxy) is 2. The summed E-state index contributed by atoms with van der Waals surface area (Å²) in [6.45, 7) is 6.16. The Bertz CT molecular complexity index is 1230. The molecule has 38 heavy (non-hydrogen) atoms. The molecule has 2 aliphatic heterocycles. The molecule has 0 unspecified atom stereocenters. The van der Waals surface area contributed by atoms with Crippen LogP contribution in [0, 0.1) is 5.82 Å². The van der Waals surface area contributed by atoms with Gasteiger partial charge in [0.05, 0.1) is 25.6 Å². The first-order chi connectivity index (χ1) is 18.5. The fraction of sp³-hybridized carbons (Fsp3) is 0.333. The van der Waals surface area contributed by atoms with Crippen LogP contribution in [0.2, 0.25) is 0 Å². The van der Waals surface area contributed by atoms with Gasteiger partial charge in [-0.05, 0) is 42.0 Å². The molecule has 2 fully saturated rings. The number of nitrogens with zero attached hydrogens (tertiary/aromatic N) is 5. The summed E-state index contributed by atoms with van der Waals surface area (Å²) in [7, 11) is 0. The minimum absolute atomic E-state index is 0.270. The average Bonchev–Trinajstić information content (AvgIpc) is 2.95. The zero-order chi connectivity index (χ0) is 26.3. The molecule has 0 bridgehead atoms. The van der Waals surface area contributed by atoms with E-state index in [1.165, 1.54) is 18.5 Å². The summed E-state index contributed by atoms with van der Waals surface area (Å²) in [6, 6.07) is 13.7. The number of amides is 2.